The van der Waals surface area contributed by atoms with Gasteiger partial charge in [0.05, 0.1) is 23.9 Å². The summed E-state index contributed by atoms with van der Waals surface area (Å²) >= 11 is 1.47. The molecule has 5 nitrogen and oxygen atoms in total. The van der Waals surface area contributed by atoms with Crippen LogP contribution in [0.4, 0.5) is 5.13 Å². The van der Waals surface area contributed by atoms with Crippen molar-refractivity contribution < 1.29 is 13.9 Å². The highest BCUT2D eigenvalue weighted by Gasteiger charge is 2.25. The van der Waals surface area contributed by atoms with Gasteiger partial charge in [0, 0.05) is 11.5 Å². The Morgan fingerprint density at radius 3 is 2.63 bits per heavy atom. The van der Waals surface area contributed by atoms with E-state index in [1.807, 2.05) is 72.8 Å². The molecule has 0 radical (unpaired) electrons. The third-order valence-corrected chi connectivity index (χ3v) is 5.94. The van der Waals surface area contributed by atoms with Crippen LogP contribution in [0.5, 0.6) is 5.75 Å². The van der Waals surface area contributed by atoms with Crippen LogP contribution in [-0.2, 0) is 6.54 Å². The van der Waals surface area contributed by atoms with Crippen molar-refractivity contribution in [3.63, 3.8) is 0 Å². The van der Waals surface area contributed by atoms with Crippen molar-refractivity contribution >= 4 is 43.6 Å². The van der Waals surface area contributed by atoms with Crippen LogP contribution in [0, 0.1) is 0 Å². The largest absolute Gasteiger partial charge is 0.497 e. The molecule has 0 atom stereocenters. The Kier molecular flexibility index (Phi) is 4.69. The zero-order valence-corrected chi connectivity index (χ0v) is 17.1. The van der Waals surface area contributed by atoms with Gasteiger partial charge in [0.25, 0.3) is 5.91 Å². The van der Waals surface area contributed by atoms with E-state index in [4.69, 9.17) is 14.1 Å². The maximum Gasteiger partial charge on any atom is 0.296 e. The zero-order valence-electron chi connectivity index (χ0n) is 16.2. The Morgan fingerprint density at radius 2 is 1.83 bits per heavy atom. The normalized spacial score (nSPS) is 11.1. The zero-order chi connectivity index (χ0) is 20.5. The standard InChI is InChI=1S/C24H18N2O3S/c1-28-18-11-12-22-19(14-18)25-24(30-22)26(15-16-7-3-2-4-8-16)23(27)21-13-17-9-5-6-10-20(17)29-21/h2-14H,15H2,1H3. The maximum absolute atomic E-state index is 13.5. The minimum Gasteiger partial charge on any atom is -0.497 e. The molecule has 6 heteroatoms. The van der Waals surface area contributed by atoms with E-state index in [1.165, 1.54) is 11.3 Å². The number of thiazole rings is 1. The van der Waals surface area contributed by atoms with E-state index in [0.29, 0.717) is 23.0 Å². The molecule has 0 aliphatic rings. The van der Waals surface area contributed by atoms with E-state index in [0.717, 1.165) is 26.9 Å². The molecule has 2 heterocycles. The fourth-order valence-electron chi connectivity index (χ4n) is 3.35. The fourth-order valence-corrected chi connectivity index (χ4v) is 4.29. The van der Waals surface area contributed by atoms with Crippen LogP contribution in [0.15, 0.2) is 83.3 Å². The summed E-state index contributed by atoms with van der Waals surface area (Å²) in [6, 6.07) is 25.0. The molecule has 3 aromatic carbocycles. The van der Waals surface area contributed by atoms with E-state index in [9.17, 15) is 4.79 Å². The van der Waals surface area contributed by atoms with Gasteiger partial charge >= 0.3 is 0 Å². The molecule has 0 aliphatic carbocycles. The number of amides is 1. The van der Waals surface area contributed by atoms with Crippen LogP contribution < -0.4 is 9.64 Å². The molecule has 0 saturated carbocycles. The van der Waals surface area contributed by atoms with Gasteiger partial charge in [0.2, 0.25) is 0 Å². The number of rotatable bonds is 5. The number of fused-ring (bicyclic) bond motifs is 2. The molecule has 0 saturated heterocycles. The highest BCUT2D eigenvalue weighted by Crippen LogP contribution is 2.33. The molecule has 0 unspecified atom stereocenters. The van der Waals surface area contributed by atoms with Crippen molar-refractivity contribution in [1.82, 2.24) is 4.98 Å². The van der Waals surface area contributed by atoms with Gasteiger partial charge in [-0.25, -0.2) is 4.98 Å². The first-order valence-electron chi connectivity index (χ1n) is 9.50. The quantitative estimate of drug-likeness (QED) is 0.359. The minimum absolute atomic E-state index is 0.221. The van der Waals surface area contributed by atoms with Crippen molar-refractivity contribution in [1.29, 1.82) is 0 Å². The van der Waals surface area contributed by atoms with Gasteiger partial charge in [-0.2, -0.15) is 0 Å². The van der Waals surface area contributed by atoms with E-state index < -0.39 is 0 Å². The number of hydrogen-bond acceptors (Lipinski definition) is 5. The lowest BCUT2D eigenvalue weighted by Gasteiger charge is -2.18. The molecule has 0 spiro atoms. The van der Waals surface area contributed by atoms with Crippen LogP contribution in [0.25, 0.3) is 21.2 Å². The molecule has 5 aromatic rings. The molecule has 148 valence electrons. The Balaban J connectivity index is 1.58. The highest BCUT2D eigenvalue weighted by molar-refractivity contribution is 7.22. The predicted octanol–water partition coefficient (Wildman–Crippen LogP) is 5.90. The summed E-state index contributed by atoms with van der Waals surface area (Å²) in [7, 11) is 1.63. The van der Waals surface area contributed by atoms with E-state index in [1.54, 1.807) is 18.1 Å². The second-order valence-electron chi connectivity index (χ2n) is 6.86. The van der Waals surface area contributed by atoms with Crippen LogP contribution >= 0.6 is 11.3 Å². The van der Waals surface area contributed by atoms with Crippen LogP contribution in [0.1, 0.15) is 16.1 Å². The van der Waals surface area contributed by atoms with Gasteiger partial charge in [-0.3, -0.25) is 9.69 Å². The second-order valence-corrected chi connectivity index (χ2v) is 7.86. The average Bonchev–Trinajstić information content (AvgIpc) is 3.41. The molecule has 2 aromatic heterocycles. The van der Waals surface area contributed by atoms with Crippen molar-refractivity contribution in [3.05, 3.63) is 90.2 Å². The van der Waals surface area contributed by atoms with Gasteiger partial charge in [0.1, 0.15) is 11.3 Å². The molecule has 5 rings (SSSR count). The number of carbonyl (C=O) groups is 1. The lowest BCUT2D eigenvalue weighted by atomic mass is 10.2. The molecule has 0 aliphatic heterocycles. The van der Waals surface area contributed by atoms with Gasteiger partial charge in [0.15, 0.2) is 10.9 Å². The van der Waals surface area contributed by atoms with Gasteiger partial charge < -0.3 is 9.15 Å². The number of carbonyl (C=O) groups excluding carboxylic acids is 1. The number of aromatic nitrogens is 1. The van der Waals surface area contributed by atoms with Crippen molar-refractivity contribution in [2.75, 3.05) is 12.0 Å². The van der Waals surface area contributed by atoms with E-state index in [-0.39, 0.29) is 5.91 Å². The first kappa shape index (κ1) is 18.4. The van der Waals surface area contributed by atoms with Crippen LogP contribution in [0.2, 0.25) is 0 Å². The topological polar surface area (TPSA) is 55.6 Å². The molecule has 0 N–H and O–H groups in total. The number of anilines is 1. The average molecular weight is 414 g/mol. The van der Waals surface area contributed by atoms with Gasteiger partial charge in [-0.05, 0) is 29.8 Å². The number of ether oxygens (including phenoxy) is 1. The molecule has 0 fully saturated rings. The molecule has 0 bridgehead atoms. The summed E-state index contributed by atoms with van der Waals surface area (Å²) in [5.41, 5.74) is 2.50. The molecule has 30 heavy (non-hydrogen) atoms. The fraction of sp³-hybridized carbons (Fsp3) is 0.0833. The number of nitrogens with zero attached hydrogens (tertiary/aromatic N) is 2. The number of methoxy groups -OCH3 is 1. The SMILES string of the molecule is COc1ccc2sc(N(Cc3ccccc3)C(=O)c3cc4ccccc4o3)nc2c1. The number of para-hydroxylation sites is 1. The van der Waals surface area contributed by atoms with Gasteiger partial charge in [-0.1, -0.05) is 59.9 Å². The maximum atomic E-state index is 13.5. The highest BCUT2D eigenvalue weighted by atomic mass is 32.1. The summed E-state index contributed by atoms with van der Waals surface area (Å²) in [5.74, 6) is 0.808. The number of hydrogen-bond donors (Lipinski definition) is 0. The summed E-state index contributed by atoms with van der Waals surface area (Å²) in [6.45, 7) is 0.397. The number of benzene rings is 3. The third-order valence-electron chi connectivity index (χ3n) is 4.88. The van der Waals surface area contributed by atoms with Crippen molar-refractivity contribution in [3.8, 4) is 5.75 Å². The molecular formula is C24H18N2O3S. The summed E-state index contributed by atoms with van der Waals surface area (Å²) in [4.78, 5) is 19.9. The second kappa shape index (κ2) is 7.65. The lowest BCUT2D eigenvalue weighted by Crippen LogP contribution is -2.30. The lowest BCUT2D eigenvalue weighted by molar-refractivity contribution is 0.0960. The summed E-state index contributed by atoms with van der Waals surface area (Å²) in [6.07, 6.45) is 0. The van der Waals surface area contributed by atoms with Crippen molar-refractivity contribution in [2.45, 2.75) is 6.54 Å². The first-order chi connectivity index (χ1) is 14.7. The van der Waals surface area contributed by atoms with E-state index >= 15 is 0 Å². The molecule has 1 amide bonds. The summed E-state index contributed by atoms with van der Waals surface area (Å²) in [5, 5.41) is 1.52. The summed E-state index contributed by atoms with van der Waals surface area (Å²) < 4.78 is 12.1. The minimum atomic E-state index is -0.221. The first-order valence-corrected chi connectivity index (χ1v) is 10.3. The predicted molar refractivity (Wildman–Crippen MR) is 119 cm³/mol. The Bertz CT molecular complexity index is 1310. The smallest absolute Gasteiger partial charge is 0.296 e. The monoisotopic (exact) mass is 414 g/mol. The Morgan fingerprint density at radius 1 is 1.03 bits per heavy atom. The Hall–Kier alpha value is -3.64. The van der Waals surface area contributed by atoms with Crippen LogP contribution in [0.3, 0.4) is 0 Å². The third kappa shape index (κ3) is 3.42. The van der Waals surface area contributed by atoms with E-state index in [2.05, 4.69) is 0 Å². The Labute approximate surface area is 177 Å². The van der Waals surface area contributed by atoms with Gasteiger partial charge in [-0.15, -0.1) is 0 Å². The van der Waals surface area contributed by atoms with Crippen LogP contribution in [-0.4, -0.2) is 18.0 Å². The number of furan rings is 1. The molecular weight excluding hydrogens is 396 g/mol. The van der Waals surface area contributed by atoms with Crippen molar-refractivity contribution in [2.24, 2.45) is 0 Å².